The number of fused-ring (bicyclic) bond motifs is 1. The minimum Gasteiger partial charge on any atom is -0.301 e. The van der Waals surface area contributed by atoms with E-state index in [0.29, 0.717) is 23.9 Å². The quantitative estimate of drug-likeness (QED) is 0.533. The van der Waals surface area contributed by atoms with E-state index in [2.05, 4.69) is 38.3 Å². The summed E-state index contributed by atoms with van der Waals surface area (Å²) in [7, 11) is 0. The maximum atomic E-state index is 12.4. The molecule has 0 spiro atoms. The third kappa shape index (κ3) is 3.41. The van der Waals surface area contributed by atoms with Gasteiger partial charge in [-0.15, -0.1) is 10.2 Å². The summed E-state index contributed by atoms with van der Waals surface area (Å²) < 4.78 is 2.12. The van der Waals surface area contributed by atoms with E-state index >= 15 is 0 Å². The molecule has 1 aliphatic carbocycles. The summed E-state index contributed by atoms with van der Waals surface area (Å²) in [6, 6.07) is 18.2. The second-order valence-corrected chi connectivity index (χ2v) is 7.96. The minimum atomic E-state index is -0.0647. The summed E-state index contributed by atoms with van der Waals surface area (Å²) >= 11 is 1.48. The van der Waals surface area contributed by atoms with Crippen LogP contribution >= 0.6 is 11.3 Å². The van der Waals surface area contributed by atoms with Crippen LogP contribution in [0.4, 0.5) is 5.13 Å². The van der Waals surface area contributed by atoms with Gasteiger partial charge in [0.1, 0.15) is 10.8 Å². The molecular formula is C21H19N5OS. The molecule has 1 N–H and O–H groups in total. The highest BCUT2D eigenvalue weighted by Crippen LogP contribution is 2.42. The van der Waals surface area contributed by atoms with Crippen molar-refractivity contribution in [1.29, 1.82) is 0 Å². The lowest BCUT2D eigenvalue weighted by Gasteiger charge is -2.09. The number of aryl methyl sites for hydroxylation is 1. The van der Waals surface area contributed by atoms with Crippen molar-refractivity contribution >= 4 is 33.4 Å². The van der Waals surface area contributed by atoms with Crippen LogP contribution in [0.2, 0.25) is 0 Å². The fraction of sp³-hybridized carbons (Fsp3) is 0.238. The fourth-order valence-corrected chi connectivity index (χ4v) is 4.22. The summed E-state index contributed by atoms with van der Waals surface area (Å²) in [6.07, 6.45) is 3.24. The largest absolute Gasteiger partial charge is 0.301 e. The van der Waals surface area contributed by atoms with Crippen LogP contribution < -0.4 is 5.32 Å². The number of benzene rings is 2. The van der Waals surface area contributed by atoms with Crippen molar-refractivity contribution in [3.05, 3.63) is 65.4 Å². The number of nitrogens with zero attached hydrogens (tertiary/aromatic N) is 4. The molecule has 5 rings (SSSR count). The van der Waals surface area contributed by atoms with Gasteiger partial charge in [0.25, 0.3) is 0 Å². The van der Waals surface area contributed by atoms with Gasteiger partial charge >= 0.3 is 0 Å². The van der Waals surface area contributed by atoms with Gasteiger partial charge in [0.15, 0.2) is 0 Å². The Morgan fingerprint density at radius 3 is 2.68 bits per heavy atom. The molecule has 1 saturated carbocycles. The molecular weight excluding hydrogens is 370 g/mol. The second-order valence-electron chi connectivity index (χ2n) is 6.96. The SMILES string of the molecule is O=C(CCc1nc2ccccc2n1-c1ccccc1)Nc1nnc(C2CC2)s1. The van der Waals surface area contributed by atoms with Crippen LogP contribution in [0.25, 0.3) is 16.7 Å². The van der Waals surface area contributed by atoms with Crippen LogP contribution in [0.1, 0.15) is 36.0 Å². The van der Waals surface area contributed by atoms with Crippen LogP contribution in [0.3, 0.4) is 0 Å². The molecule has 1 fully saturated rings. The fourth-order valence-electron chi connectivity index (χ4n) is 3.30. The summed E-state index contributed by atoms with van der Waals surface area (Å²) in [5.74, 6) is 1.36. The lowest BCUT2D eigenvalue weighted by molar-refractivity contribution is -0.116. The number of carbonyl (C=O) groups is 1. The Bertz CT molecular complexity index is 1130. The van der Waals surface area contributed by atoms with Crippen LogP contribution in [-0.4, -0.2) is 25.7 Å². The Hall–Kier alpha value is -3.06. The first-order chi connectivity index (χ1) is 13.8. The Kier molecular flexibility index (Phi) is 4.37. The van der Waals surface area contributed by atoms with Crippen molar-refractivity contribution in [3.8, 4) is 5.69 Å². The lowest BCUT2D eigenvalue weighted by atomic mass is 10.2. The number of para-hydroxylation sites is 3. The first-order valence-corrected chi connectivity index (χ1v) is 10.2. The van der Waals surface area contributed by atoms with Gasteiger partial charge in [0.05, 0.1) is 11.0 Å². The number of aromatic nitrogens is 4. The third-order valence-corrected chi connectivity index (χ3v) is 5.84. The number of amides is 1. The highest BCUT2D eigenvalue weighted by molar-refractivity contribution is 7.15. The minimum absolute atomic E-state index is 0.0647. The van der Waals surface area contributed by atoms with E-state index in [-0.39, 0.29) is 5.91 Å². The van der Waals surface area contributed by atoms with Crippen LogP contribution in [0.5, 0.6) is 0 Å². The zero-order valence-corrected chi connectivity index (χ0v) is 16.0. The summed E-state index contributed by atoms with van der Waals surface area (Å²) in [4.78, 5) is 17.2. The van der Waals surface area contributed by atoms with E-state index in [4.69, 9.17) is 4.98 Å². The molecule has 2 aromatic heterocycles. The predicted octanol–water partition coefficient (Wildman–Crippen LogP) is 4.33. The molecule has 0 atom stereocenters. The van der Waals surface area contributed by atoms with E-state index in [1.54, 1.807) is 0 Å². The molecule has 2 heterocycles. The molecule has 0 aliphatic heterocycles. The predicted molar refractivity (Wildman–Crippen MR) is 110 cm³/mol. The van der Waals surface area contributed by atoms with Gasteiger partial charge in [-0.1, -0.05) is 41.7 Å². The molecule has 7 heteroatoms. The number of imidazole rings is 1. The normalized spacial score (nSPS) is 13.7. The van der Waals surface area contributed by atoms with Crippen molar-refractivity contribution in [2.75, 3.05) is 5.32 Å². The molecule has 1 aliphatic rings. The molecule has 28 heavy (non-hydrogen) atoms. The zero-order chi connectivity index (χ0) is 18.9. The van der Waals surface area contributed by atoms with Gasteiger partial charge in [-0.05, 0) is 37.1 Å². The topological polar surface area (TPSA) is 72.7 Å². The van der Waals surface area contributed by atoms with Gasteiger partial charge < -0.3 is 5.32 Å². The Morgan fingerprint density at radius 1 is 1.07 bits per heavy atom. The van der Waals surface area contributed by atoms with Crippen molar-refractivity contribution in [2.45, 2.75) is 31.6 Å². The van der Waals surface area contributed by atoms with E-state index in [1.807, 2.05) is 36.4 Å². The molecule has 0 saturated heterocycles. The highest BCUT2D eigenvalue weighted by Gasteiger charge is 2.27. The standard InChI is InChI=1S/C21H19N5OS/c27-19(23-21-25-24-20(28-21)14-10-11-14)13-12-18-22-16-8-4-5-9-17(16)26(18)15-6-2-1-3-7-15/h1-9,14H,10-13H2,(H,23,25,27). The van der Waals surface area contributed by atoms with E-state index < -0.39 is 0 Å². The summed E-state index contributed by atoms with van der Waals surface area (Å²) in [5.41, 5.74) is 3.02. The molecule has 0 radical (unpaired) electrons. The number of carbonyl (C=O) groups excluding carboxylic acids is 1. The van der Waals surface area contributed by atoms with Crippen molar-refractivity contribution in [3.63, 3.8) is 0 Å². The average Bonchev–Trinajstić information content (AvgIpc) is 3.35. The molecule has 2 aromatic carbocycles. The summed E-state index contributed by atoms with van der Waals surface area (Å²) in [6.45, 7) is 0. The molecule has 0 unspecified atom stereocenters. The Labute approximate surface area is 166 Å². The number of rotatable bonds is 6. The summed E-state index contributed by atoms with van der Waals surface area (Å²) in [5, 5.41) is 12.8. The number of nitrogens with one attached hydrogen (secondary N) is 1. The maximum absolute atomic E-state index is 12.4. The molecule has 140 valence electrons. The molecule has 1 amide bonds. The van der Waals surface area contributed by atoms with E-state index in [9.17, 15) is 4.79 Å². The van der Waals surface area contributed by atoms with Gasteiger partial charge in [0.2, 0.25) is 11.0 Å². The monoisotopic (exact) mass is 389 g/mol. The van der Waals surface area contributed by atoms with E-state index in [1.165, 1.54) is 24.2 Å². The van der Waals surface area contributed by atoms with Gasteiger partial charge in [-0.3, -0.25) is 9.36 Å². The number of hydrogen-bond acceptors (Lipinski definition) is 5. The lowest BCUT2D eigenvalue weighted by Crippen LogP contribution is -2.13. The Morgan fingerprint density at radius 2 is 1.86 bits per heavy atom. The first-order valence-electron chi connectivity index (χ1n) is 9.43. The average molecular weight is 389 g/mol. The van der Waals surface area contributed by atoms with Crippen LogP contribution in [0.15, 0.2) is 54.6 Å². The van der Waals surface area contributed by atoms with Crippen molar-refractivity contribution in [2.24, 2.45) is 0 Å². The van der Waals surface area contributed by atoms with Crippen molar-refractivity contribution in [1.82, 2.24) is 19.7 Å². The maximum Gasteiger partial charge on any atom is 0.226 e. The molecule has 0 bridgehead atoms. The third-order valence-electron chi connectivity index (χ3n) is 4.83. The van der Waals surface area contributed by atoms with Gasteiger partial charge in [-0.25, -0.2) is 4.98 Å². The van der Waals surface area contributed by atoms with Crippen LogP contribution in [-0.2, 0) is 11.2 Å². The van der Waals surface area contributed by atoms with Crippen molar-refractivity contribution < 1.29 is 4.79 Å². The van der Waals surface area contributed by atoms with Crippen LogP contribution in [0, 0.1) is 0 Å². The van der Waals surface area contributed by atoms with Gasteiger partial charge in [0, 0.05) is 24.4 Å². The number of hydrogen-bond donors (Lipinski definition) is 1. The second kappa shape index (κ2) is 7.16. The van der Waals surface area contributed by atoms with Gasteiger partial charge in [-0.2, -0.15) is 0 Å². The zero-order valence-electron chi connectivity index (χ0n) is 15.2. The number of anilines is 1. The Balaban J connectivity index is 1.35. The molecule has 4 aromatic rings. The van der Waals surface area contributed by atoms with E-state index in [0.717, 1.165) is 27.6 Å². The molecule has 6 nitrogen and oxygen atoms in total. The highest BCUT2D eigenvalue weighted by atomic mass is 32.1. The first kappa shape index (κ1) is 17.1. The smallest absolute Gasteiger partial charge is 0.226 e.